The van der Waals surface area contributed by atoms with Crippen molar-refractivity contribution >= 4 is 23.3 Å². The zero-order valence-corrected chi connectivity index (χ0v) is 15.7. The van der Waals surface area contributed by atoms with Crippen LogP contribution in [-0.4, -0.2) is 54.5 Å². The third-order valence-electron chi connectivity index (χ3n) is 5.18. The quantitative estimate of drug-likeness (QED) is 0.858. The smallest absolute Gasteiger partial charge is 0.230 e. The van der Waals surface area contributed by atoms with E-state index in [1.807, 2.05) is 36.4 Å². The molecule has 0 aliphatic carbocycles. The Balaban J connectivity index is 1.33. The average Bonchev–Trinajstić information content (AvgIpc) is 3.10. The Morgan fingerprint density at radius 3 is 2.64 bits per heavy atom. The number of aromatic nitrogens is 1. The van der Waals surface area contributed by atoms with Gasteiger partial charge < -0.3 is 19.9 Å². The average molecular weight is 380 g/mol. The predicted octanol–water partition coefficient (Wildman–Crippen LogP) is 1.91. The molecule has 4 rings (SSSR count). The molecule has 1 N–H and O–H groups in total. The van der Waals surface area contributed by atoms with Gasteiger partial charge in [-0.2, -0.15) is 0 Å². The van der Waals surface area contributed by atoms with Gasteiger partial charge in [-0.15, -0.1) is 0 Å². The molecule has 28 heavy (non-hydrogen) atoms. The van der Waals surface area contributed by atoms with Crippen LogP contribution in [0.2, 0.25) is 0 Å². The van der Waals surface area contributed by atoms with Crippen molar-refractivity contribution in [1.29, 1.82) is 0 Å². The number of rotatable bonds is 5. The van der Waals surface area contributed by atoms with Gasteiger partial charge in [-0.25, -0.2) is 4.98 Å². The van der Waals surface area contributed by atoms with E-state index in [-0.39, 0.29) is 24.2 Å². The van der Waals surface area contributed by atoms with Crippen LogP contribution in [0.25, 0.3) is 0 Å². The number of pyridine rings is 1. The summed E-state index contributed by atoms with van der Waals surface area (Å²) in [5, 5.41) is 2.85. The fraction of sp³-hybridized carbons (Fsp3) is 0.381. The van der Waals surface area contributed by atoms with Crippen LogP contribution < -0.4 is 10.2 Å². The van der Waals surface area contributed by atoms with Gasteiger partial charge in [0.1, 0.15) is 5.82 Å². The monoisotopic (exact) mass is 380 g/mol. The first-order valence-corrected chi connectivity index (χ1v) is 9.60. The first kappa shape index (κ1) is 18.4. The van der Waals surface area contributed by atoms with E-state index in [4.69, 9.17) is 4.74 Å². The van der Waals surface area contributed by atoms with Gasteiger partial charge in [-0.05, 0) is 17.7 Å². The molecule has 2 saturated heterocycles. The lowest BCUT2D eigenvalue weighted by atomic mass is 10.1. The van der Waals surface area contributed by atoms with Gasteiger partial charge in [0, 0.05) is 32.6 Å². The second kappa shape index (κ2) is 8.39. The minimum absolute atomic E-state index is 0.0135. The molecule has 2 fully saturated rings. The summed E-state index contributed by atoms with van der Waals surface area (Å²) in [5.41, 5.74) is 2.09. The molecule has 1 aromatic heterocycles. The topological polar surface area (TPSA) is 74.8 Å². The van der Waals surface area contributed by atoms with Crippen LogP contribution >= 0.6 is 0 Å². The molecule has 1 atom stereocenters. The number of nitrogens with zero attached hydrogens (tertiary/aromatic N) is 3. The van der Waals surface area contributed by atoms with Crippen molar-refractivity contribution in [3.8, 4) is 0 Å². The first-order valence-electron chi connectivity index (χ1n) is 9.60. The summed E-state index contributed by atoms with van der Waals surface area (Å²) in [6, 6.07) is 13.6. The number of amides is 2. The van der Waals surface area contributed by atoms with E-state index in [9.17, 15) is 9.59 Å². The minimum Gasteiger partial charge on any atom is -0.378 e. The van der Waals surface area contributed by atoms with Crippen LogP contribution in [0.4, 0.5) is 11.5 Å². The van der Waals surface area contributed by atoms with Gasteiger partial charge in [0.15, 0.2) is 0 Å². The summed E-state index contributed by atoms with van der Waals surface area (Å²) in [4.78, 5) is 33.2. The summed E-state index contributed by atoms with van der Waals surface area (Å²) in [5.74, 6) is 0.0167. The van der Waals surface area contributed by atoms with Crippen molar-refractivity contribution in [3.05, 3.63) is 54.2 Å². The van der Waals surface area contributed by atoms with E-state index in [1.54, 1.807) is 17.2 Å². The highest BCUT2D eigenvalue weighted by atomic mass is 16.5. The van der Waals surface area contributed by atoms with Gasteiger partial charge in [0.25, 0.3) is 0 Å². The molecule has 2 aliphatic heterocycles. The lowest BCUT2D eigenvalue weighted by Crippen LogP contribution is -2.36. The molecule has 146 valence electrons. The molecule has 1 unspecified atom stereocenters. The standard InChI is InChI=1S/C21H24N4O3/c26-20-12-17(15-25(20)14-16-4-2-1-3-5-16)21(27)23-19-7-6-18(13-22-19)24-8-10-28-11-9-24/h1-7,13,17H,8-12,14-15H2,(H,22,23,27). The van der Waals surface area contributed by atoms with Crippen molar-refractivity contribution < 1.29 is 14.3 Å². The number of ether oxygens (including phenoxy) is 1. The van der Waals surface area contributed by atoms with Crippen LogP contribution in [0.1, 0.15) is 12.0 Å². The second-order valence-corrected chi connectivity index (χ2v) is 7.15. The Hall–Kier alpha value is -2.93. The number of benzene rings is 1. The molecule has 1 aromatic carbocycles. The van der Waals surface area contributed by atoms with Crippen molar-refractivity contribution in [2.75, 3.05) is 43.1 Å². The SMILES string of the molecule is O=C(Nc1ccc(N2CCOCC2)cn1)C1CC(=O)N(Cc2ccccc2)C1. The Kier molecular flexibility index (Phi) is 5.53. The van der Waals surface area contributed by atoms with Crippen LogP contribution in [0.3, 0.4) is 0 Å². The van der Waals surface area contributed by atoms with Gasteiger partial charge in [0.05, 0.1) is 31.0 Å². The maximum Gasteiger partial charge on any atom is 0.230 e. The van der Waals surface area contributed by atoms with E-state index in [0.29, 0.717) is 32.1 Å². The van der Waals surface area contributed by atoms with Crippen LogP contribution in [0.5, 0.6) is 0 Å². The number of carbonyl (C=O) groups is 2. The number of morpholine rings is 1. The van der Waals surface area contributed by atoms with Gasteiger partial charge >= 0.3 is 0 Å². The van der Waals surface area contributed by atoms with Gasteiger partial charge in [0.2, 0.25) is 11.8 Å². The highest BCUT2D eigenvalue weighted by Gasteiger charge is 2.34. The number of nitrogens with one attached hydrogen (secondary N) is 1. The van der Waals surface area contributed by atoms with Crippen molar-refractivity contribution in [2.24, 2.45) is 5.92 Å². The molecular weight excluding hydrogens is 356 g/mol. The van der Waals surface area contributed by atoms with Crippen LogP contribution in [0, 0.1) is 5.92 Å². The highest BCUT2D eigenvalue weighted by molar-refractivity contribution is 5.96. The predicted molar refractivity (Wildman–Crippen MR) is 106 cm³/mol. The lowest BCUT2D eigenvalue weighted by Gasteiger charge is -2.28. The number of hydrogen-bond acceptors (Lipinski definition) is 5. The summed E-state index contributed by atoms with van der Waals surface area (Å²) in [6.45, 7) is 4.09. The molecule has 2 amide bonds. The summed E-state index contributed by atoms with van der Waals surface area (Å²) >= 11 is 0. The minimum atomic E-state index is -0.350. The fourth-order valence-electron chi connectivity index (χ4n) is 3.60. The zero-order chi connectivity index (χ0) is 19.3. The summed E-state index contributed by atoms with van der Waals surface area (Å²) in [6.07, 6.45) is 2.01. The molecule has 2 aromatic rings. The fourth-order valence-corrected chi connectivity index (χ4v) is 3.60. The third kappa shape index (κ3) is 4.31. The van der Waals surface area contributed by atoms with Gasteiger partial charge in [-0.3, -0.25) is 9.59 Å². The van der Waals surface area contributed by atoms with Crippen molar-refractivity contribution in [3.63, 3.8) is 0 Å². The molecule has 3 heterocycles. The Labute approximate surface area is 164 Å². The largest absolute Gasteiger partial charge is 0.378 e. The molecule has 0 saturated carbocycles. The Morgan fingerprint density at radius 1 is 1.14 bits per heavy atom. The van der Waals surface area contributed by atoms with E-state index < -0.39 is 0 Å². The zero-order valence-electron chi connectivity index (χ0n) is 15.7. The molecule has 7 nitrogen and oxygen atoms in total. The highest BCUT2D eigenvalue weighted by Crippen LogP contribution is 2.22. The Morgan fingerprint density at radius 2 is 1.93 bits per heavy atom. The van der Waals surface area contributed by atoms with Crippen LogP contribution in [0.15, 0.2) is 48.7 Å². The number of hydrogen-bond donors (Lipinski definition) is 1. The lowest BCUT2D eigenvalue weighted by molar-refractivity contribution is -0.128. The van der Waals surface area contributed by atoms with Crippen molar-refractivity contribution in [1.82, 2.24) is 9.88 Å². The summed E-state index contributed by atoms with van der Waals surface area (Å²) < 4.78 is 5.36. The number of anilines is 2. The maximum atomic E-state index is 12.6. The second-order valence-electron chi connectivity index (χ2n) is 7.15. The molecule has 2 aliphatic rings. The first-order chi connectivity index (χ1) is 13.7. The number of likely N-dealkylation sites (tertiary alicyclic amines) is 1. The molecule has 0 bridgehead atoms. The van der Waals surface area contributed by atoms with Crippen LogP contribution in [-0.2, 0) is 20.9 Å². The molecule has 0 spiro atoms. The van der Waals surface area contributed by atoms with E-state index in [0.717, 1.165) is 24.3 Å². The van der Waals surface area contributed by atoms with E-state index >= 15 is 0 Å². The Bertz CT molecular complexity index is 819. The van der Waals surface area contributed by atoms with E-state index in [2.05, 4.69) is 15.2 Å². The maximum absolute atomic E-state index is 12.6. The molecular formula is C21H24N4O3. The molecule has 0 radical (unpaired) electrons. The summed E-state index contributed by atoms with van der Waals surface area (Å²) in [7, 11) is 0. The molecule has 7 heteroatoms. The number of carbonyl (C=O) groups excluding carboxylic acids is 2. The van der Waals surface area contributed by atoms with E-state index in [1.165, 1.54) is 0 Å². The third-order valence-corrected chi connectivity index (χ3v) is 5.18. The van der Waals surface area contributed by atoms with Gasteiger partial charge in [-0.1, -0.05) is 30.3 Å². The normalized spacial score (nSPS) is 19.7. The van der Waals surface area contributed by atoms with Crippen molar-refractivity contribution in [2.45, 2.75) is 13.0 Å².